The number of ether oxygens (including phenoxy) is 1. The molecule has 0 aliphatic carbocycles. The highest BCUT2D eigenvalue weighted by atomic mass is 16.5. The molecule has 1 aliphatic heterocycles. The molecule has 1 aromatic carbocycles. The monoisotopic (exact) mass is 328 g/mol. The van der Waals surface area contributed by atoms with Crippen molar-refractivity contribution in [2.24, 2.45) is 5.92 Å². The second-order valence-electron chi connectivity index (χ2n) is 6.56. The van der Waals surface area contributed by atoms with Gasteiger partial charge in [-0.2, -0.15) is 0 Å². The van der Waals surface area contributed by atoms with Gasteiger partial charge in [0, 0.05) is 12.5 Å². The first-order valence-corrected chi connectivity index (χ1v) is 8.53. The third-order valence-corrected chi connectivity index (χ3v) is 4.30. The van der Waals surface area contributed by atoms with Crippen LogP contribution in [0.4, 0.5) is 0 Å². The van der Waals surface area contributed by atoms with Crippen molar-refractivity contribution in [1.82, 2.24) is 9.88 Å². The van der Waals surface area contributed by atoms with Gasteiger partial charge in [-0.05, 0) is 57.5 Å². The minimum atomic E-state index is 0.0294. The summed E-state index contributed by atoms with van der Waals surface area (Å²) in [5.41, 5.74) is 1.27. The minimum Gasteiger partial charge on any atom is -0.491 e. The highest BCUT2D eigenvalue weighted by molar-refractivity contribution is 5.93. The molecule has 1 fully saturated rings. The lowest BCUT2D eigenvalue weighted by Gasteiger charge is -2.30. The molecule has 0 amide bonds. The molecule has 24 heavy (non-hydrogen) atoms. The maximum atomic E-state index is 12.3. The van der Waals surface area contributed by atoms with E-state index in [1.165, 1.54) is 18.0 Å². The summed E-state index contributed by atoms with van der Waals surface area (Å²) in [4.78, 5) is 18.6. The van der Waals surface area contributed by atoms with Gasteiger partial charge in [-0.1, -0.05) is 12.1 Å². The van der Waals surface area contributed by atoms with Crippen LogP contribution in [0.25, 0.3) is 0 Å². The summed E-state index contributed by atoms with van der Waals surface area (Å²) in [6.07, 6.45) is 4.88. The lowest BCUT2D eigenvalue weighted by Crippen LogP contribution is -2.36. The normalized spacial score (nSPS) is 16.5. The molecule has 5 nitrogen and oxygen atoms in total. The zero-order chi connectivity index (χ0) is 16.9. The van der Waals surface area contributed by atoms with Gasteiger partial charge in [0.2, 0.25) is 5.78 Å². The average molecular weight is 328 g/mol. The number of carbonyl (C=O) groups excluding carboxylic acids is 1. The van der Waals surface area contributed by atoms with E-state index in [0.29, 0.717) is 0 Å². The number of nitrogens with zero attached hydrogens (tertiary/aromatic N) is 2. The van der Waals surface area contributed by atoms with Crippen LogP contribution >= 0.6 is 0 Å². The number of carbonyl (C=O) groups is 1. The molecule has 0 bridgehead atoms. The molecule has 0 spiro atoms. The summed E-state index contributed by atoms with van der Waals surface area (Å²) in [6.45, 7) is 6.79. The Bertz CT molecular complexity index is 642. The first kappa shape index (κ1) is 16.7. The van der Waals surface area contributed by atoms with Crippen LogP contribution in [0.2, 0.25) is 0 Å². The van der Waals surface area contributed by atoms with Crippen molar-refractivity contribution in [3.8, 4) is 5.75 Å². The summed E-state index contributed by atoms with van der Waals surface area (Å²) < 4.78 is 10.8. The Morgan fingerprint density at radius 3 is 2.58 bits per heavy atom. The van der Waals surface area contributed by atoms with Crippen LogP contribution in [-0.4, -0.2) is 34.9 Å². The largest absolute Gasteiger partial charge is 0.491 e. The summed E-state index contributed by atoms with van der Waals surface area (Å²) in [5, 5.41) is 0. The molecular weight excluding hydrogens is 304 g/mol. The fraction of sp³-hybridized carbons (Fsp3) is 0.474. The zero-order valence-electron chi connectivity index (χ0n) is 14.3. The molecular formula is C19H24N2O3. The molecule has 0 atom stereocenters. The zero-order valence-corrected chi connectivity index (χ0v) is 14.3. The van der Waals surface area contributed by atoms with Crippen LogP contribution in [0, 0.1) is 5.92 Å². The number of hydrogen-bond acceptors (Lipinski definition) is 5. The van der Waals surface area contributed by atoms with Gasteiger partial charge in [0.25, 0.3) is 5.89 Å². The van der Waals surface area contributed by atoms with Crippen molar-refractivity contribution in [2.45, 2.75) is 39.3 Å². The molecule has 1 saturated heterocycles. The maximum Gasteiger partial charge on any atom is 0.263 e. The van der Waals surface area contributed by atoms with Gasteiger partial charge in [0.05, 0.1) is 12.3 Å². The van der Waals surface area contributed by atoms with E-state index in [1.807, 2.05) is 26.0 Å². The fourth-order valence-corrected chi connectivity index (χ4v) is 3.08. The van der Waals surface area contributed by atoms with Crippen molar-refractivity contribution in [1.29, 1.82) is 0 Å². The van der Waals surface area contributed by atoms with Crippen molar-refractivity contribution in [3.05, 3.63) is 48.2 Å². The highest BCUT2D eigenvalue weighted by Crippen LogP contribution is 2.23. The van der Waals surface area contributed by atoms with E-state index in [2.05, 4.69) is 22.0 Å². The van der Waals surface area contributed by atoms with Crippen LogP contribution < -0.4 is 4.74 Å². The summed E-state index contributed by atoms with van der Waals surface area (Å²) in [5.74, 6) is 1.22. The van der Waals surface area contributed by atoms with E-state index in [9.17, 15) is 4.79 Å². The predicted octanol–water partition coefficient (Wildman–Crippen LogP) is 3.56. The number of ketones is 1. The third-order valence-electron chi connectivity index (χ3n) is 4.30. The van der Waals surface area contributed by atoms with Crippen molar-refractivity contribution in [3.63, 3.8) is 0 Å². The highest BCUT2D eigenvalue weighted by Gasteiger charge is 2.28. The second-order valence-corrected chi connectivity index (χ2v) is 6.56. The molecule has 2 heterocycles. The Labute approximate surface area is 142 Å². The van der Waals surface area contributed by atoms with Crippen molar-refractivity contribution in [2.75, 3.05) is 13.1 Å². The number of Topliss-reactive ketones (excluding diaryl/α,β-unsaturated/α-hetero) is 1. The molecule has 128 valence electrons. The molecule has 1 aromatic heterocycles. The lowest BCUT2D eigenvalue weighted by atomic mass is 9.92. The number of oxazole rings is 1. The van der Waals surface area contributed by atoms with Gasteiger partial charge in [0.1, 0.15) is 12.0 Å². The van der Waals surface area contributed by atoms with Crippen LogP contribution in [-0.2, 0) is 6.54 Å². The first-order chi connectivity index (χ1) is 11.6. The number of hydrogen-bond donors (Lipinski definition) is 0. The van der Waals surface area contributed by atoms with E-state index < -0.39 is 0 Å². The summed E-state index contributed by atoms with van der Waals surface area (Å²) in [7, 11) is 0. The molecule has 0 saturated carbocycles. The van der Waals surface area contributed by atoms with E-state index in [4.69, 9.17) is 9.15 Å². The number of piperidine rings is 1. The minimum absolute atomic E-state index is 0.0294. The average Bonchev–Trinajstić information content (AvgIpc) is 3.11. The van der Waals surface area contributed by atoms with Gasteiger partial charge < -0.3 is 9.15 Å². The quantitative estimate of drug-likeness (QED) is 0.759. The van der Waals surface area contributed by atoms with Crippen molar-refractivity contribution < 1.29 is 13.9 Å². The fourth-order valence-electron chi connectivity index (χ4n) is 3.08. The Morgan fingerprint density at radius 1 is 1.29 bits per heavy atom. The molecule has 2 aromatic rings. The van der Waals surface area contributed by atoms with Crippen LogP contribution in [0.15, 0.2) is 41.1 Å². The molecule has 3 rings (SSSR count). The number of rotatable bonds is 6. The standard InChI is InChI=1S/C19H24N2O3/c1-14(2)24-17-5-3-15(4-6-17)13-21-10-7-16(8-11-21)18(22)19-20-9-12-23-19/h3-6,9,12,14,16H,7-8,10-11,13H2,1-2H3. The number of benzene rings is 1. The Balaban J connectivity index is 1.49. The Hall–Kier alpha value is -2.14. The number of aromatic nitrogens is 1. The van der Waals surface area contributed by atoms with Crippen LogP contribution in [0.5, 0.6) is 5.75 Å². The molecule has 5 heteroatoms. The molecule has 0 N–H and O–H groups in total. The first-order valence-electron chi connectivity index (χ1n) is 8.53. The smallest absolute Gasteiger partial charge is 0.263 e. The van der Waals surface area contributed by atoms with Gasteiger partial charge in [-0.25, -0.2) is 4.98 Å². The molecule has 0 radical (unpaired) electrons. The van der Waals surface area contributed by atoms with Gasteiger partial charge in [-0.15, -0.1) is 0 Å². The van der Waals surface area contributed by atoms with Gasteiger partial charge in [0.15, 0.2) is 0 Å². The van der Waals surface area contributed by atoms with E-state index in [-0.39, 0.29) is 23.7 Å². The third kappa shape index (κ3) is 4.23. The van der Waals surface area contributed by atoms with Gasteiger partial charge >= 0.3 is 0 Å². The maximum absolute atomic E-state index is 12.3. The lowest BCUT2D eigenvalue weighted by molar-refractivity contribution is 0.0799. The summed E-state index contributed by atoms with van der Waals surface area (Å²) in [6, 6.07) is 8.27. The number of likely N-dealkylation sites (tertiary alicyclic amines) is 1. The molecule has 1 aliphatic rings. The van der Waals surface area contributed by atoms with E-state index in [1.54, 1.807) is 0 Å². The Morgan fingerprint density at radius 2 is 2.00 bits per heavy atom. The topological polar surface area (TPSA) is 55.6 Å². The van der Waals surface area contributed by atoms with Crippen LogP contribution in [0.1, 0.15) is 42.9 Å². The van der Waals surface area contributed by atoms with E-state index >= 15 is 0 Å². The van der Waals surface area contributed by atoms with Crippen LogP contribution in [0.3, 0.4) is 0 Å². The van der Waals surface area contributed by atoms with Gasteiger partial charge in [-0.3, -0.25) is 9.69 Å². The van der Waals surface area contributed by atoms with E-state index in [0.717, 1.165) is 38.2 Å². The predicted molar refractivity (Wildman–Crippen MR) is 91.0 cm³/mol. The SMILES string of the molecule is CC(C)Oc1ccc(CN2CCC(C(=O)c3ncco3)CC2)cc1. The Kier molecular flexibility index (Phi) is 5.30. The summed E-state index contributed by atoms with van der Waals surface area (Å²) >= 11 is 0. The second kappa shape index (κ2) is 7.62. The molecule has 0 unspecified atom stereocenters. The van der Waals surface area contributed by atoms with Crippen molar-refractivity contribution >= 4 is 5.78 Å².